The number of hydrogen-bond donors (Lipinski definition) is 0. The van der Waals surface area contributed by atoms with Gasteiger partial charge < -0.3 is 9.64 Å². The van der Waals surface area contributed by atoms with Crippen molar-refractivity contribution in [3.8, 4) is 0 Å². The number of likely N-dealkylation sites (tertiary alicyclic amines) is 1. The highest BCUT2D eigenvalue weighted by Crippen LogP contribution is 2.45. The molecule has 0 saturated carbocycles. The molecule has 0 N–H and O–H groups in total. The van der Waals surface area contributed by atoms with Gasteiger partial charge in [0.15, 0.2) is 0 Å². The molecule has 5 nitrogen and oxygen atoms in total. The van der Waals surface area contributed by atoms with Crippen molar-refractivity contribution >= 4 is 17.3 Å². The molecule has 2 aliphatic heterocycles. The average molecular weight is 359 g/mol. The van der Waals surface area contributed by atoms with Crippen LogP contribution in [0, 0.1) is 11.3 Å². The van der Waals surface area contributed by atoms with Crippen LogP contribution in [0.2, 0.25) is 0 Å². The minimum absolute atomic E-state index is 0.372. The zero-order chi connectivity index (χ0) is 17.1. The molecule has 1 atom stereocenters. The van der Waals surface area contributed by atoms with Crippen LogP contribution in [0.3, 0.4) is 0 Å². The van der Waals surface area contributed by atoms with Crippen molar-refractivity contribution in [1.82, 2.24) is 14.9 Å². The predicted octanol–water partition coefficient (Wildman–Crippen LogP) is 2.90. The van der Waals surface area contributed by atoms with Gasteiger partial charge in [-0.25, -0.2) is 9.97 Å². The number of anilines is 1. The quantitative estimate of drug-likeness (QED) is 0.822. The van der Waals surface area contributed by atoms with E-state index in [2.05, 4.69) is 36.6 Å². The minimum Gasteiger partial charge on any atom is -0.384 e. The highest BCUT2D eigenvalue weighted by Gasteiger charge is 2.47. The van der Waals surface area contributed by atoms with Crippen molar-refractivity contribution in [3.05, 3.63) is 40.8 Å². The molecule has 0 radical (unpaired) electrons. The summed E-state index contributed by atoms with van der Waals surface area (Å²) in [4.78, 5) is 13.8. The molecule has 4 rings (SSSR count). The van der Waals surface area contributed by atoms with Gasteiger partial charge in [-0.3, -0.25) is 4.90 Å². The van der Waals surface area contributed by atoms with E-state index in [1.807, 2.05) is 25.6 Å². The van der Waals surface area contributed by atoms with Gasteiger partial charge in [-0.15, -0.1) is 0 Å². The highest BCUT2D eigenvalue weighted by molar-refractivity contribution is 7.07. The van der Waals surface area contributed by atoms with E-state index in [4.69, 9.17) is 4.74 Å². The smallest absolute Gasteiger partial charge is 0.225 e. The molecule has 0 bridgehead atoms. The van der Waals surface area contributed by atoms with Gasteiger partial charge >= 0.3 is 0 Å². The van der Waals surface area contributed by atoms with E-state index in [-0.39, 0.29) is 0 Å². The van der Waals surface area contributed by atoms with Gasteiger partial charge in [0.1, 0.15) is 0 Å². The Morgan fingerprint density at radius 1 is 1.28 bits per heavy atom. The largest absolute Gasteiger partial charge is 0.384 e. The molecule has 134 valence electrons. The first-order valence-electron chi connectivity index (χ1n) is 9.03. The molecule has 6 heteroatoms. The van der Waals surface area contributed by atoms with Crippen LogP contribution < -0.4 is 4.90 Å². The number of rotatable bonds is 5. The predicted molar refractivity (Wildman–Crippen MR) is 101 cm³/mol. The summed E-state index contributed by atoms with van der Waals surface area (Å²) in [6.07, 6.45) is 6.05. The molecule has 2 fully saturated rings. The molecule has 1 spiro atoms. The van der Waals surface area contributed by atoms with Crippen LogP contribution in [-0.2, 0) is 11.3 Å². The maximum atomic E-state index is 5.59. The number of aromatic nitrogens is 2. The zero-order valence-electron chi connectivity index (χ0n) is 14.8. The number of piperidine rings is 1. The fraction of sp³-hybridized carbons (Fsp3) is 0.579. The normalized spacial score (nSPS) is 23.4. The van der Waals surface area contributed by atoms with Crippen LogP contribution >= 0.6 is 11.3 Å². The van der Waals surface area contributed by atoms with Crippen molar-refractivity contribution in [2.45, 2.75) is 19.4 Å². The van der Waals surface area contributed by atoms with E-state index in [1.165, 1.54) is 24.9 Å². The van der Waals surface area contributed by atoms with Gasteiger partial charge in [0.05, 0.1) is 6.61 Å². The van der Waals surface area contributed by atoms with E-state index in [9.17, 15) is 0 Å². The summed E-state index contributed by atoms with van der Waals surface area (Å²) in [5, 5.41) is 4.44. The average Bonchev–Trinajstić information content (AvgIpc) is 3.26. The second-order valence-electron chi connectivity index (χ2n) is 7.35. The first-order chi connectivity index (χ1) is 12.3. The zero-order valence-corrected chi connectivity index (χ0v) is 15.6. The van der Waals surface area contributed by atoms with Crippen LogP contribution in [0.4, 0.5) is 5.95 Å². The SMILES string of the molecule is COC[C@H]1CN(Cc2ccsc2)CC12CCN(c1ncccn1)CC2. The van der Waals surface area contributed by atoms with Crippen LogP contribution in [0.1, 0.15) is 18.4 Å². The van der Waals surface area contributed by atoms with Crippen molar-refractivity contribution in [2.75, 3.05) is 44.8 Å². The van der Waals surface area contributed by atoms with Crippen molar-refractivity contribution in [1.29, 1.82) is 0 Å². The Labute approximate surface area is 153 Å². The van der Waals surface area contributed by atoms with Gasteiger partial charge in [-0.2, -0.15) is 11.3 Å². The van der Waals surface area contributed by atoms with E-state index < -0.39 is 0 Å². The van der Waals surface area contributed by atoms with Crippen LogP contribution in [0.25, 0.3) is 0 Å². The minimum atomic E-state index is 0.372. The summed E-state index contributed by atoms with van der Waals surface area (Å²) < 4.78 is 5.59. The van der Waals surface area contributed by atoms with Gasteiger partial charge in [0.2, 0.25) is 5.95 Å². The van der Waals surface area contributed by atoms with E-state index in [0.717, 1.165) is 38.7 Å². The summed E-state index contributed by atoms with van der Waals surface area (Å²) in [5.41, 5.74) is 1.81. The van der Waals surface area contributed by atoms with Crippen LogP contribution in [0.5, 0.6) is 0 Å². The maximum Gasteiger partial charge on any atom is 0.225 e. The monoisotopic (exact) mass is 358 g/mol. The molecule has 0 aliphatic carbocycles. The van der Waals surface area contributed by atoms with Crippen molar-refractivity contribution < 1.29 is 4.74 Å². The molecule has 0 unspecified atom stereocenters. The second-order valence-corrected chi connectivity index (χ2v) is 8.13. The topological polar surface area (TPSA) is 41.5 Å². The first-order valence-corrected chi connectivity index (χ1v) is 9.98. The van der Waals surface area contributed by atoms with Crippen molar-refractivity contribution in [2.24, 2.45) is 11.3 Å². The van der Waals surface area contributed by atoms with E-state index >= 15 is 0 Å². The fourth-order valence-electron chi connectivity index (χ4n) is 4.51. The summed E-state index contributed by atoms with van der Waals surface area (Å²) in [6.45, 7) is 6.33. The van der Waals surface area contributed by atoms with Crippen LogP contribution in [0.15, 0.2) is 35.3 Å². The lowest BCUT2D eigenvalue weighted by molar-refractivity contribution is 0.0760. The highest BCUT2D eigenvalue weighted by atomic mass is 32.1. The third-order valence-electron chi connectivity index (χ3n) is 5.83. The first kappa shape index (κ1) is 16.9. The Morgan fingerprint density at radius 3 is 2.76 bits per heavy atom. The molecule has 2 aromatic rings. The Hall–Kier alpha value is -1.50. The van der Waals surface area contributed by atoms with E-state index in [1.54, 1.807) is 11.3 Å². The van der Waals surface area contributed by atoms with Gasteiger partial charge in [-0.1, -0.05) is 0 Å². The molecule has 25 heavy (non-hydrogen) atoms. The molecular formula is C19H26N4OS. The van der Waals surface area contributed by atoms with Gasteiger partial charge in [-0.05, 0) is 46.7 Å². The van der Waals surface area contributed by atoms with Crippen molar-refractivity contribution in [3.63, 3.8) is 0 Å². The van der Waals surface area contributed by atoms with Gasteiger partial charge in [0.25, 0.3) is 0 Å². The molecule has 2 saturated heterocycles. The summed E-state index contributed by atoms with van der Waals surface area (Å²) in [7, 11) is 1.84. The summed E-state index contributed by atoms with van der Waals surface area (Å²) >= 11 is 1.79. The molecule has 2 aliphatic rings. The number of ether oxygens (including phenoxy) is 1. The van der Waals surface area contributed by atoms with Gasteiger partial charge in [0, 0.05) is 58.1 Å². The Morgan fingerprint density at radius 2 is 2.08 bits per heavy atom. The number of nitrogens with zero attached hydrogens (tertiary/aromatic N) is 4. The lowest BCUT2D eigenvalue weighted by atomic mass is 9.71. The standard InChI is InChI=1S/C19H26N4OS/c1-24-13-17-12-22(11-16-3-10-25-14-16)15-19(17)4-8-23(9-5-19)18-20-6-2-7-21-18/h2-3,6-7,10,14,17H,4-5,8-9,11-13,15H2,1H3/t17-/m1/s1. The third kappa shape index (κ3) is 3.57. The molecule has 0 amide bonds. The molecule has 2 aromatic heterocycles. The number of methoxy groups -OCH3 is 1. The van der Waals surface area contributed by atoms with Crippen LogP contribution in [-0.4, -0.2) is 54.8 Å². The fourth-order valence-corrected chi connectivity index (χ4v) is 5.17. The Kier molecular flexibility index (Phi) is 5.01. The Balaban J connectivity index is 1.44. The second kappa shape index (κ2) is 7.40. The maximum absolute atomic E-state index is 5.59. The Bertz CT molecular complexity index is 655. The summed E-state index contributed by atoms with van der Waals surface area (Å²) in [6, 6.07) is 4.12. The third-order valence-corrected chi connectivity index (χ3v) is 6.56. The number of thiophene rings is 1. The molecule has 4 heterocycles. The van der Waals surface area contributed by atoms with E-state index in [0.29, 0.717) is 11.3 Å². The summed E-state index contributed by atoms with van der Waals surface area (Å²) in [5.74, 6) is 1.49. The molecular weight excluding hydrogens is 332 g/mol. The lowest BCUT2D eigenvalue weighted by Gasteiger charge is -2.42. The number of hydrogen-bond acceptors (Lipinski definition) is 6. The molecule has 0 aromatic carbocycles. The lowest BCUT2D eigenvalue weighted by Crippen LogP contribution is -2.45.